The monoisotopic (exact) mass is 526 g/mol. The van der Waals surface area contributed by atoms with Crippen LogP contribution in [0.25, 0.3) is 5.76 Å². The van der Waals surface area contributed by atoms with Gasteiger partial charge in [0.1, 0.15) is 17.3 Å². The summed E-state index contributed by atoms with van der Waals surface area (Å²) >= 11 is 0. The SMILES string of the molecule is COc1ccc(C(C)(C)C)cc1/C(O)=C1\C(=O)C(=O)N(c2ccc(OC(F)(F)F)cc2)C1c1cccnc1. The van der Waals surface area contributed by atoms with Crippen LogP contribution in [0.3, 0.4) is 0 Å². The average Bonchev–Trinajstić information content (AvgIpc) is 3.13. The molecule has 1 aliphatic rings. The van der Waals surface area contributed by atoms with E-state index in [2.05, 4.69) is 9.72 Å². The molecule has 1 saturated heterocycles. The number of ether oxygens (including phenoxy) is 2. The van der Waals surface area contributed by atoms with Crippen LogP contribution in [0.4, 0.5) is 18.9 Å². The zero-order chi connectivity index (χ0) is 27.8. The van der Waals surface area contributed by atoms with Crippen molar-refractivity contribution in [3.05, 3.63) is 89.3 Å². The lowest BCUT2D eigenvalue weighted by molar-refractivity contribution is -0.274. The van der Waals surface area contributed by atoms with Crippen LogP contribution in [-0.4, -0.2) is 35.3 Å². The number of amides is 1. The van der Waals surface area contributed by atoms with Crippen molar-refractivity contribution >= 4 is 23.1 Å². The Labute approximate surface area is 217 Å². The molecular formula is C28H25F3N2O5. The fourth-order valence-corrected chi connectivity index (χ4v) is 4.26. The van der Waals surface area contributed by atoms with Crippen LogP contribution >= 0.6 is 0 Å². The molecule has 0 spiro atoms. The molecule has 7 nitrogen and oxygen atoms in total. The summed E-state index contributed by atoms with van der Waals surface area (Å²) in [7, 11) is 1.42. The molecule has 1 atom stereocenters. The number of hydrogen-bond acceptors (Lipinski definition) is 6. The molecule has 4 rings (SSSR count). The minimum atomic E-state index is -4.89. The zero-order valence-electron chi connectivity index (χ0n) is 21.0. The van der Waals surface area contributed by atoms with E-state index in [4.69, 9.17) is 4.74 Å². The summed E-state index contributed by atoms with van der Waals surface area (Å²) in [6, 6.07) is 11.9. The smallest absolute Gasteiger partial charge is 0.507 e. The van der Waals surface area contributed by atoms with Crippen molar-refractivity contribution in [2.45, 2.75) is 38.6 Å². The van der Waals surface area contributed by atoms with Crippen molar-refractivity contribution in [2.75, 3.05) is 12.0 Å². The normalized spacial score (nSPS) is 17.6. The third-order valence-corrected chi connectivity index (χ3v) is 6.11. The van der Waals surface area contributed by atoms with E-state index in [1.54, 1.807) is 24.3 Å². The van der Waals surface area contributed by atoms with E-state index in [0.717, 1.165) is 22.6 Å². The van der Waals surface area contributed by atoms with Gasteiger partial charge in [-0.15, -0.1) is 13.2 Å². The summed E-state index contributed by atoms with van der Waals surface area (Å²) in [5.41, 5.74) is 1.12. The Bertz CT molecular complexity index is 1390. The van der Waals surface area contributed by atoms with Crippen LogP contribution in [0.1, 0.15) is 43.5 Å². The molecule has 0 radical (unpaired) electrons. The molecule has 198 valence electrons. The number of carbonyl (C=O) groups excluding carboxylic acids is 2. The second kappa shape index (κ2) is 9.85. The first-order valence-electron chi connectivity index (χ1n) is 11.6. The largest absolute Gasteiger partial charge is 0.573 e. The van der Waals surface area contributed by atoms with E-state index in [-0.39, 0.29) is 22.2 Å². The number of ketones is 1. The van der Waals surface area contributed by atoms with Gasteiger partial charge in [-0.3, -0.25) is 19.5 Å². The van der Waals surface area contributed by atoms with E-state index >= 15 is 0 Å². The summed E-state index contributed by atoms with van der Waals surface area (Å²) in [6.07, 6.45) is -1.93. The zero-order valence-corrected chi connectivity index (χ0v) is 21.0. The molecule has 1 fully saturated rings. The summed E-state index contributed by atoms with van der Waals surface area (Å²) < 4.78 is 47.2. The fraction of sp³-hybridized carbons (Fsp3) is 0.250. The summed E-state index contributed by atoms with van der Waals surface area (Å²) in [4.78, 5) is 31.9. The van der Waals surface area contributed by atoms with Crippen LogP contribution in [0.5, 0.6) is 11.5 Å². The lowest BCUT2D eigenvalue weighted by atomic mass is 9.85. The number of aromatic nitrogens is 1. The van der Waals surface area contributed by atoms with Crippen molar-refractivity contribution in [1.82, 2.24) is 4.98 Å². The lowest BCUT2D eigenvalue weighted by Gasteiger charge is -2.26. The van der Waals surface area contributed by atoms with Gasteiger partial charge >= 0.3 is 6.36 Å². The first-order valence-corrected chi connectivity index (χ1v) is 11.6. The number of anilines is 1. The highest BCUT2D eigenvalue weighted by atomic mass is 19.4. The van der Waals surface area contributed by atoms with Crippen molar-refractivity contribution in [3.63, 3.8) is 0 Å². The van der Waals surface area contributed by atoms with E-state index in [0.29, 0.717) is 11.3 Å². The number of hydrogen-bond donors (Lipinski definition) is 1. The molecular weight excluding hydrogens is 501 g/mol. The maximum absolute atomic E-state index is 13.4. The van der Waals surface area contributed by atoms with Crippen LogP contribution in [0.15, 0.2) is 72.6 Å². The third kappa shape index (κ3) is 5.20. The molecule has 1 N–H and O–H groups in total. The maximum Gasteiger partial charge on any atom is 0.573 e. The minimum absolute atomic E-state index is 0.130. The Morgan fingerprint density at radius 1 is 1.03 bits per heavy atom. The number of nitrogens with zero attached hydrogens (tertiary/aromatic N) is 2. The first-order chi connectivity index (χ1) is 17.8. The second-order valence-corrected chi connectivity index (χ2v) is 9.66. The Balaban J connectivity index is 1.90. The van der Waals surface area contributed by atoms with Crippen LogP contribution in [0.2, 0.25) is 0 Å². The highest BCUT2D eigenvalue weighted by molar-refractivity contribution is 6.51. The quantitative estimate of drug-likeness (QED) is 0.253. The Kier molecular flexibility index (Phi) is 6.92. The van der Waals surface area contributed by atoms with E-state index in [1.807, 2.05) is 26.8 Å². The number of alkyl halides is 3. The molecule has 0 aliphatic carbocycles. The number of carbonyl (C=O) groups is 2. The number of benzene rings is 2. The Morgan fingerprint density at radius 2 is 1.71 bits per heavy atom. The van der Waals surface area contributed by atoms with Crippen LogP contribution < -0.4 is 14.4 Å². The number of methoxy groups -OCH3 is 1. The number of halogens is 3. The maximum atomic E-state index is 13.4. The third-order valence-electron chi connectivity index (χ3n) is 6.11. The summed E-state index contributed by atoms with van der Waals surface area (Å²) in [5.74, 6) is -2.56. The highest BCUT2D eigenvalue weighted by Crippen LogP contribution is 2.44. The molecule has 1 amide bonds. The average molecular weight is 527 g/mol. The fourth-order valence-electron chi connectivity index (χ4n) is 4.26. The number of pyridine rings is 1. The standard InChI is InChI=1S/C28H25F3N2O5/c1-27(2,3)17-7-12-21(37-4)20(14-17)24(34)22-23(16-6-5-13-32-15-16)33(26(36)25(22)35)18-8-10-19(11-9-18)38-28(29,30)31/h5-15,23,34H,1-4H3/b24-22+. The van der Waals surface area contributed by atoms with Crippen molar-refractivity contribution in [1.29, 1.82) is 0 Å². The Morgan fingerprint density at radius 3 is 2.26 bits per heavy atom. The van der Waals surface area contributed by atoms with E-state index < -0.39 is 35.6 Å². The number of aliphatic hydroxyl groups excluding tert-OH is 1. The van der Waals surface area contributed by atoms with E-state index in [9.17, 15) is 27.9 Å². The van der Waals surface area contributed by atoms with Crippen molar-refractivity contribution in [2.24, 2.45) is 0 Å². The molecule has 38 heavy (non-hydrogen) atoms. The van der Waals surface area contributed by atoms with Gasteiger partial charge in [0.05, 0.1) is 24.3 Å². The van der Waals surface area contributed by atoms with Crippen molar-refractivity contribution < 1.29 is 37.3 Å². The highest BCUT2D eigenvalue weighted by Gasteiger charge is 2.47. The number of Topliss-reactive ketones (excluding diaryl/α,β-unsaturated/α-hetero) is 1. The number of rotatable bonds is 5. The minimum Gasteiger partial charge on any atom is -0.507 e. The van der Waals surface area contributed by atoms with Gasteiger partial charge in [-0.2, -0.15) is 0 Å². The van der Waals surface area contributed by atoms with E-state index in [1.165, 1.54) is 31.6 Å². The van der Waals surface area contributed by atoms with Gasteiger partial charge in [0.15, 0.2) is 0 Å². The Hall–Kier alpha value is -4.34. The molecule has 10 heteroatoms. The molecule has 2 aromatic carbocycles. The molecule has 1 aliphatic heterocycles. The van der Waals surface area contributed by atoms with Gasteiger partial charge in [-0.25, -0.2) is 0 Å². The van der Waals surface area contributed by atoms with Gasteiger partial charge in [0.2, 0.25) is 0 Å². The molecule has 0 bridgehead atoms. The molecule has 1 unspecified atom stereocenters. The van der Waals surface area contributed by atoms with Gasteiger partial charge in [0.25, 0.3) is 11.7 Å². The summed E-state index contributed by atoms with van der Waals surface area (Å²) in [6.45, 7) is 5.96. The van der Waals surface area contributed by atoms with Crippen LogP contribution in [0, 0.1) is 0 Å². The lowest BCUT2D eigenvalue weighted by Crippen LogP contribution is -2.29. The first kappa shape index (κ1) is 26.7. The topological polar surface area (TPSA) is 89.0 Å². The van der Waals surface area contributed by atoms with Crippen molar-refractivity contribution in [3.8, 4) is 11.5 Å². The van der Waals surface area contributed by atoms with Gasteiger partial charge < -0.3 is 14.6 Å². The van der Waals surface area contributed by atoms with Crippen LogP contribution in [-0.2, 0) is 15.0 Å². The van der Waals surface area contributed by atoms with Gasteiger partial charge in [-0.1, -0.05) is 32.9 Å². The molecule has 1 aromatic heterocycles. The molecule has 3 aromatic rings. The molecule has 2 heterocycles. The van der Waals surface area contributed by atoms with Gasteiger partial charge in [0, 0.05) is 18.1 Å². The molecule has 0 saturated carbocycles. The number of aliphatic hydroxyl groups is 1. The van der Waals surface area contributed by atoms with Gasteiger partial charge in [-0.05, 0) is 59.0 Å². The predicted octanol–water partition coefficient (Wildman–Crippen LogP) is 5.91. The predicted molar refractivity (Wildman–Crippen MR) is 134 cm³/mol. The second-order valence-electron chi connectivity index (χ2n) is 9.66. The summed E-state index contributed by atoms with van der Waals surface area (Å²) in [5, 5.41) is 11.5.